The van der Waals surface area contributed by atoms with E-state index in [0.717, 1.165) is 11.1 Å². The zero-order chi connectivity index (χ0) is 19.9. The topological polar surface area (TPSA) is 55.2 Å². The van der Waals surface area contributed by atoms with Gasteiger partial charge in [0.05, 0.1) is 10.6 Å². The van der Waals surface area contributed by atoms with Crippen LogP contribution in [0.3, 0.4) is 0 Å². The summed E-state index contributed by atoms with van der Waals surface area (Å²) in [5.41, 5.74) is 4.28. The van der Waals surface area contributed by atoms with Crippen molar-refractivity contribution in [1.82, 2.24) is 14.5 Å². The van der Waals surface area contributed by atoms with Crippen LogP contribution in [0.2, 0.25) is 0 Å². The van der Waals surface area contributed by atoms with Crippen LogP contribution in [-0.4, -0.2) is 39.7 Å². The zero-order valence-corrected chi connectivity index (χ0v) is 18.0. The van der Waals surface area contributed by atoms with Crippen molar-refractivity contribution >= 4 is 39.2 Å². The summed E-state index contributed by atoms with van der Waals surface area (Å²) < 4.78 is 1.55. The normalized spacial score (nSPS) is 12.4. The molecule has 1 aromatic carbocycles. The highest BCUT2D eigenvalue weighted by molar-refractivity contribution is 8.00. The minimum Gasteiger partial charge on any atom is -0.348 e. The van der Waals surface area contributed by atoms with Gasteiger partial charge in [-0.2, -0.15) is 0 Å². The molecule has 3 aromatic rings. The third-order valence-electron chi connectivity index (χ3n) is 4.66. The van der Waals surface area contributed by atoms with Crippen LogP contribution in [0.25, 0.3) is 21.3 Å². The van der Waals surface area contributed by atoms with Crippen molar-refractivity contribution in [2.24, 2.45) is 7.05 Å². The van der Waals surface area contributed by atoms with E-state index in [1.54, 1.807) is 30.6 Å². The molecule has 0 fully saturated rings. The second kappa shape index (κ2) is 7.48. The number of hydrogen-bond acceptors (Lipinski definition) is 5. The van der Waals surface area contributed by atoms with Crippen molar-refractivity contribution in [3.63, 3.8) is 0 Å². The van der Waals surface area contributed by atoms with Gasteiger partial charge in [0.25, 0.3) is 5.56 Å². The molecule has 0 N–H and O–H groups in total. The van der Waals surface area contributed by atoms with Crippen molar-refractivity contribution in [1.29, 1.82) is 0 Å². The Balaban J connectivity index is 2.08. The summed E-state index contributed by atoms with van der Waals surface area (Å²) in [6.45, 7) is 5.98. The van der Waals surface area contributed by atoms with Crippen molar-refractivity contribution < 1.29 is 4.79 Å². The molecule has 3 rings (SSSR count). The van der Waals surface area contributed by atoms with E-state index in [1.807, 2.05) is 18.4 Å². The largest absolute Gasteiger partial charge is 0.348 e. The van der Waals surface area contributed by atoms with Gasteiger partial charge in [0, 0.05) is 32.1 Å². The molecule has 1 atom stereocenters. The van der Waals surface area contributed by atoms with Crippen LogP contribution >= 0.6 is 23.1 Å². The molecule has 27 heavy (non-hydrogen) atoms. The molecule has 142 valence electrons. The summed E-state index contributed by atoms with van der Waals surface area (Å²) in [6.07, 6.45) is 0. The molecule has 7 heteroatoms. The van der Waals surface area contributed by atoms with Crippen molar-refractivity contribution in [3.05, 3.63) is 45.1 Å². The maximum atomic E-state index is 13.1. The number of aryl methyl sites for hydroxylation is 2. The number of thioether (sulfide) groups is 1. The first kappa shape index (κ1) is 19.6. The predicted octanol–water partition coefficient (Wildman–Crippen LogP) is 3.85. The Hall–Kier alpha value is -2.12. The molecule has 0 unspecified atom stereocenters. The number of fused-ring (bicyclic) bond motifs is 1. The molecule has 0 bridgehead atoms. The van der Waals surface area contributed by atoms with E-state index in [0.29, 0.717) is 15.4 Å². The number of aromatic nitrogens is 2. The average molecular weight is 402 g/mol. The molecule has 2 heterocycles. The second-order valence-electron chi connectivity index (χ2n) is 6.88. The van der Waals surface area contributed by atoms with Gasteiger partial charge in [0.15, 0.2) is 5.16 Å². The molecule has 5 nitrogen and oxygen atoms in total. The Bertz CT molecular complexity index is 1080. The molecule has 1 amide bonds. The predicted molar refractivity (Wildman–Crippen MR) is 114 cm³/mol. The monoisotopic (exact) mass is 401 g/mol. The Morgan fingerprint density at radius 1 is 1.26 bits per heavy atom. The molecule has 0 spiro atoms. The number of nitrogens with zero attached hydrogens (tertiary/aromatic N) is 3. The minimum atomic E-state index is -0.310. The fraction of sp³-hybridized carbons (Fsp3) is 0.350. The van der Waals surface area contributed by atoms with Gasteiger partial charge in [-0.05, 0) is 37.5 Å². The van der Waals surface area contributed by atoms with E-state index in [1.165, 1.54) is 34.2 Å². The van der Waals surface area contributed by atoms with E-state index >= 15 is 0 Å². The van der Waals surface area contributed by atoms with E-state index in [2.05, 4.69) is 31.0 Å². The molecule has 0 aliphatic rings. The summed E-state index contributed by atoms with van der Waals surface area (Å²) in [7, 11) is 5.17. The number of hydrogen-bond donors (Lipinski definition) is 0. The zero-order valence-electron chi connectivity index (χ0n) is 16.4. The van der Waals surface area contributed by atoms with E-state index < -0.39 is 0 Å². The van der Waals surface area contributed by atoms with Gasteiger partial charge in [0.1, 0.15) is 4.83 Å². The third-order valence-corrected chi connectivity index (χ3v) is 6.67. The lowest BCUT2D eigenvalue weighted by molar-refractivity contribution is -0.127. The van der Waals surface area contributed by atoms with Crippen molar-refractivity contribution in [3.8, 4) is 11.1 Å². The van der Waals surface area contributed by atoms with Crippen LogP contribution in [0.4, 0.5) is 0 Å². The van der Waals surface area contributed by atoms with Crippen LogP contribution < -0.4 is 5.56 Å². The lowest BCUT2D eigenvalue weighted by Crippen LogP contribution is -2.30. The Kier molecular flexibility index (Phi) is 5.44. The first-order valence-corrected chi connectivity index (χ1v) is 10.4. The fourth-order valence-electron chi connectivity index (χ4n) is 2.85. The minimum absolute atomic E-state index is 0.00338. The molecule has 0 saturated heterocycles. The van der Waals surface area contributed by atoms with Gasteiger partial charge in [-0.3, -0.25) is 14.2 Å². The quantitative estimate of drug-likeness (QED) is 0.492. The van der Waals surface area contributed by atoms with E-state index in [9.17, 15) is 9.59 Å². The lowest BCUT2D eigenvalue weighted by atomic mass is 10.0. The molecule has 0 saturated carbocycles. The SMILES string of the molecule is Cc1ccc(-c2csc3nc(S[C@H](C)C(=O)N(C)C)n(C)c(=O)c23)cc1C. The fourth-order valence-corrected chi connectivity index (χ4v) is 4.86. The highest BCUT2D eigenvalue weighted by Gasteiger charge is 2.21. The molecule has 0 aliphatic carbocycles. The second-order valence-corrected chi connectivity index (χ2v) is 9.05. The summed E-state index contributed by atoms with van der Waals surface area (Å²) in [4.78, 5) is 32.1. The summed E-state index contributed by atoms with van der Waals surface area (Å²) in [5.74, 6) is -0.00338. The number of carbonyl (C=O) groups excluding carboxylic acids is 1. The van der Waals surface area contributed by atoms with Crippen molar-refractivity contribution in [2.75, 3.05) is 14.1 Å². The summed E-state index contributed by atoms with van der Waals surface area (Å²) >= 11 is 2.78. The average Bonchev–Trinajstić information content (AvgIpc) is 3.04. The molecule has 2 aromatic heterocycles. The van der Waals surface area contributed by atoms with E-state index in [4.69, 9.17) is 0 Å². The molecular formula is C20H23N3O2S2. The molecule has 0 aliphatic heterocycles. The van der Waals surface area contributed by atoms with Gasteiger partial charge in [-0.25, -0.2) is 4.98 Å². The molecule has 0 radical (unpaired) electrons. The van der Waals surface area contributed by atoms with Gasteiger partial charge in [0.2, 0.25) is 5.91 Å². The lowest BCUT2D eigenvalue weighted by Gasteiger charge is -2.17. The maximum absolute atomic E-state index is 13.1. The highest BCUT2D eigenvalue weighted by atomic mass is 32.2. The first-order chi connectivity index (χ1) is 12.7. The Morgan fingerprint density at radius 3 is 2.59 bits per heavy atom. The Morgan fingerprint density at radius 2 is 1.96 bits per heavy atom. The number of benzene rings is 1. The molecular weight excluding hydrogens is 378 g/mol. The smallest absolute Gasteiger partial charge is 0.263 e. The van der Waals surface area contributed by atoms with Gasteiger partial charge in [-0.15, -0.1) is 11.3 Å². The standard InChI is InChI=1S/C20H23N3O2S2/c1-11-7-8-14(9-12(11)2)15-10-26-17-16(15)19(25)23(6)20(21-17)27-13(3)18(24)22(4)5/h7-10,13H,1-6H3/t13-/m1/s1. The van der Waals surface area contributed by atoms with Crippen LogP contribution in [-0.2, 0) is 11.8 Å². The van der Waals surface area contributed by atoms with Crippen LogP contribution in [0.15, 0.2) is 33.5 Å². The van der Waals surface area contributed by atoms with Crippen molar-refractivity contribution in [2.45, 2.75) is 31.2 Å². The third kappa shape index (κ3) is 3.66. The van der Waals surface area contributed by atoms with Crippen LogP contribution in [0.1, 0.15) is 18.1 Å². The van der Waals surface area contributed by atoms with Crippen LogP contribution in [0.5, 0.6) is 0 Å². The number of thiophene rings is 1. The Labute approximate surface area is 167 Å². The first-order valence-electron chi connectivity index (χ1n) is 8.64. The summed E-state index contributed by atoms with van der Waals surface area (Å²) in [6, 6.07) is 6.23. The maximum Gasteiger partial charge on any atom is 0.263 e. The van der Waals surface area contributed by atoms with Crippen LogP contribution in [0, 0.1) is 13.8 Å². The van der Waals surface area contributed by atoms with Gasteiger partial charge >= 0.3 is 0 Å². The highest BCUT2D eigenvalue weighted by Crippen LogP contribution is 2.33. The van der Waals surface area contributed by atoms with Gasteiger partial charge < -0.3 is 4.90 Å². The van der Waals surface area contributed by atoms with E-state index in [-0.39, 0.29) is 16.7 Å². The summed E-state index contributed by atoms with van der Waals surface area (Å²) in [5, 5.41) is 2.88. The number of carbonyl (C=O) groups is 1. The van der Waals surface area contributed by atoms with Gasteiger partial charge in [-0.1, -0.05) is 30.0 Å². The number of rotatable bonds is 4. The number of amides is 1.